The Kier molecular flexibility index (Phi) is 6.11. The lowest BCUT2D eigenvalue weighted by atomic mass is 10.0. The van der Waals surface area contributed by atoms with E-state index in [1.165, 1.54) is 5.56 Å². The van der Waals surface area contributed by atoms with E-state index in [1.807, 2.05) is 11.4 Å². The number of carbonyl (C=O) groups excluding carboxylic acids is 1. The molecule has 90 valence electrons. The first-order valence-corrected chi connectivity index (χ1v) is 6.64. The van der Waals surface area contributed by atoms with Crippen LogP contribution in [0.3, 0.4) is 0 Å². The minimum atomic E-state index is 0.134. The van der Waals surface area contributed by atoms with Crippen molar-refractivity contribution >= 4 is 17.2 Å². The molecule has 1 heterocycles. The molecule has 0 aliphatic heterocycles. The second-order valence-corrected chi connectivity index (χ2v) is 4.91. The van der Waals surface area contributed by atoms with E-state index in [0.29, 0.717) is 25.4 Å². The monoisotopic (exact) mass is 240 g/mol. The first-order valence-electron chi connectivity index (χ1n) is 5.70. The predicted molar refractivity (Wildman–Crippen MR) is 68.2 cm³/mol. The molecule has 0 aliphatic rings. The zero-order valence-corrected chi connectivity index (χ0v) is 10.6. The summed E-state index contributed by atoms with van der Waals surface area (Å²) in [6, 6.07) is 2.03. The molecule has 1 aromatic heterocycles. The van der Waals surface area contributed by atoms with Crippen molar-refractivity contribution in [3.63, 3.8) is 0 Å². The summed E-state index contributed by atoms with van der Waals surface area (Å²) in [5, 5.41) is 6.99. The van der Waals surface area contributed by atoms with Crippen LogP contribution in [0.25, 0.3) is 0 Å². The van der Waals surface area contributed by atoms with Crippen molar-refractivity contribution in [2.24, 2.45) is 11.7 Å². The number of thiophene rings is 1. The molecule has 0 radical (unpaired) electrons. The molecule has 16 heavy (non-hydrogen) atoms. The molecule has 3 nitrogen and oxygen atoms in total. The average molecular weight is 240 g/mol. The molecule has 1 atom stereocenters. The molecular formula is C12H20N2OS. The molecule has 0 saturated heterocycles. The van der Waals surface area contributed by atoms with Crippen LogP contribution in [0.15, 0.2) is 16.8 Å². The van der Waals surface area contributed by atoms with E-state index in [9.17, 15) is 4.79 Å². The zero-order valence-electron chi connectivity index (χ0n) is 9.74. The van der Waals surface area contributed by atoms with E-state index in [1.54, 1.807) is 11.3 Å². The van der Waals surface area contributed by atoms with Crippen molar-refractivity contribution in [1.82, 2.24) is 5.32 Å². The first-order chi connectivity index (χ1) is 7.72. The van der Waals surface area contributed by atoms with E-state index in [4.69, 9.17) is 5.73 Å². The summed E-state index contributed by atoms with van der Waals surface area (Å²) in [7, 11) is 0. The second-order valence-electron chi connectivity index (χ2n) is 4.13. The van der Waals surface area contributed by atoms with Crippen molar-refractivity contribution in [3.8, 4) is 0 Å². The second kappa shape index (κ2) is 7.41. The summed E-state index contributed by atoms with van der Waals surface area (Å²) >= 11 is 1.65. The number of hydrogen-bond acceptors (Lipinski definition) is 3. The van der Waals surface area contributed by atoms with Gasteiger partial charge < -0.3 is 11.1 Å². The molecule has 1 rings (SSSR count). The highest BCUT2D eigenvalue weighted by Gasteiger charge is 2.05. The van der Waals surface area contributed by atoms with Gasteiger partial charge in [-0.3, -0.25) is 4.79 Å². The minimum Gasteiger partial charge on any atom is -0.352 e. The highest BCUT2D eigenvalue weighted by molar-refractivity contribution is 7.07. The largest absolute Gasteiger partial charge is 0.352 e. The molecule has 0 saturated carbocycles. The van der Waals surface area contributed by atoms with Crippen molar-refractivity contribution < 1.29 is 4.79 Å². The molecule has 1 amide bonds. The molecule has 4 heteroatoms. The van der Waals surface area contributed by atoms with Crippen LogP contribution in [-0.4, -0.2) is 12.5 Å². The fourth-order valence-corrected chi connectivity index (χ4v) is 2.16. The molecule has 1 unspecified atom stereocenters. The normalized spacial score (nSPS) is 12.4. The van der Waals surface area contributed by atoms with Gasteiger partial charge in [0.2, 0.25) is 5.91 Å². The smallest absolute Gasteiger partial charge is 0.220 e. The Labute approximate surface area is 101 Å². The van der Waals surface area contributed by atoms with Crippen molar-refractivity contribution in [3.05, 3.63) is 22.4 Å². The third-order valence-electron chi connectivity index (χ3n) is 2.59. The van der Waals surface area contributed by atoms with Crippen LogP contribution in [0.5, 0.6) is 0 Å². The molecule has 0 aromatic carbocycles. The lowest BCUT2D eigenvalue weighted by Gasteiger charge is -2.09. The number of rotatable bonds is 7. The van der Waals surface area contributed by atoms with Crippen LogP contribution >= 0.6 is 11.3 Å². The van der Waals surface area contributed by atoms with Gasteiger partial charge in [0.25, 0.3) is 0 Å². The Balaban J connectivity index is 2.11. The molecule has 0 aliphatic carbocycles. The van der Waals surface area contributed by atoms with Crippen molar-refractivity contribution in [2.45, 2.75) is 32.7 Å². The Morgan fingerprint density at radius 2 is 2.38 bits per heavy atom. The van der Waals surface area contributed by atoms with E-state index < -0.39 is 0 Å². The van der Waals surface area contributed by atoms with Crippen molar-refractivity contribution in [1.29, 1.82) is 0 Å². The maximum atomic E-state index is 11.5. The van der Waals surface area contributed by atoms with Gasteiger partial charge >= 0.3 is 0 Å². The van der Waals surface area contributed by atoms with Gasteiger partial charge in [-0.1, -0.05) is 6.92 Å². The maximum absolute atomic E-state index is 11.5. The minimum absolute atomic E-state index is 0.134. The number of amides is 1. The summed E-state index contributed by atoms with van der Waals surface area (Å²) in [4.78, 5) is 11.5. The van der Waals surface area contributed by atoms with Crippen LogP contribution in [0.1, 0.15) is 31.7 Å². The topological polar surface area (TPSA) is 55.1 Å². The van der Waals surface area contributed by atoms with Gasteiger partial charge in [-0.15, -0.1) is 0 Å². The molecule has 0 fully saturated rings. The Morgan fingerprint density at radius 3 is 3.00 bits per heavy atom. The Morgan fingerprint density at radius 1 is 1.56 bits per heavy atom. The SMILES string of the molecule is CC(CCN)CCC(=O)NCc1ccsc1. The van der Waals surface area contributed by atoms with E-state index >= 15 is 0 Å². The standard InChI is InChI=1S/C12H20N2OS/c1-10(4-6-13)2-3-12(15)14-8-11-5-7-16-9-11/h5,7,9-10H,2-4,6,8,13H2,1H3,(H,14,15). The highest BCUT2D eigenvalue weighted by atomic mass is 32.1. The van der Waals surface area contributed by atoms with Crippen LogP contribution in [0, 0.1) is 5.92 Å². The molecule has 3 N–H and O–H groups in total. The number of carbonyl (C=O) groups is 1. The fourth-order valence-electron chi connectivity index (χ4n) is 1.49. The van der Waals surface area contributed by atoms with Gasteiger partial charge in [0.15, 0.2) is 0 Å². The lowest BCUT2D eigenvalue weighted by molar-refractivity contribution is -0.121. The Bertz CT molecular complexity index is 298. The van der Waals surface area contributed by atoms with Gasteiger partial charge in [-0.25, -0.2) is 0 Å². The molecule has 0 spiro atoms. The Hall–Kier alpha value is -0.870. The number of nitrogens with one attached hydrogen (secondary N) is 1. The van der Waals surface area contributed by atoms with Crippen molar-refractivity contribution in [2.75, 3.05) is 6.54 Å². The summed E-state index contributed by atoms with van der Waals surface area (Å²) in [5.41, 5.74) is 6.63. The van der Waals surface area contributed by atoms with E-state index in [2.05, 4.69) is 17.6 Å². The lowest BCUT2D eigenvalue weighted by Crippen LogP contribution is -2.23. The van der Waals surface area contributed by atoms with E-state index in [-0.39, 0.29) is 5.91 Å². The molecule has 0 bridgehead atoms. The summed E-state index contributed by atoms with van der Waals surface area (Å²) in [5.74, 6) is 0.673. The van der Waals surface area contributed by atoms with Gasteiger partial charge in [0, 0.05) is 13.0 Å². The highest BCUT2D eigenvalue weighted by Crippen LogP contribution is 2.09. The van der Waals surface area contributed by atoms with Gasteiger partial charge in [0.1, 0.15) is 0 Å². The van der Waals surface area contributed by atoms with Gasteiger partial charge in [-0.2, -0.15) is 11.3 Å². The molecular weight excluding hydrogens is 220 g/mol. The van der Waals surface area contributed by atoms with Crippen LogP contribution in [-0.2, 0) is 11.3 Å². The van der Waals surface area contributed by atoms with E-state index in [0.717, 1.165) is 12.8 Å². The first kappa shape index (κ1) is 13.2. The van der Waals surface area contributed by atoms with Crippen LogP contribution < -0.4 is 11.1 Å². The average Bonchev–Trinajstić information content (AvgIpc) is 2.77. The molecule has 1 aromatic rings. The number of nitrogens with two attached hydrogens (primary N) is 1. The summed E-state index contributed by atoms with van der Waals surface area (Å²) < 4.78 is 0. The fraction of sp³-hybridized carbons (Fsp3) is 0.583. The number of hydrogen-bond donors (Lipinski definition) is 2. The van der Waals surface area contributed by atoms with Crippen LogP contribution in [0.4, 0.5) is 0 Å². The zero-order chi connectivity index (χ0) is 11.8. The predicted octanol–water partition coefficient (Wildman–Crippen LogP) is 2.13. The van der Waals surface area contributed by atoms with Gasteiger partial charge in [0.05, 0.1) is 0 Å². The van der Waals surface area contributed by atoms with Gasteiger partial charge in [-0.05, 0) is 47.7 Å². The quantitative estimate of drug-likeness (QED) is 0.767. The van der Waals surface area contributed by atoms with Crippen LogP contribution in [0.2, 0.25) is 0 Å². The third-order valence-corrected chi connectivity index (χ3v) is 3.33. The summed E-state index contributed by atoms with van der Waals surface area (Å²) in [6.07, 6.45) is 2.52. The third kappa shape index (κ3) is 5.28. The maximum Gasteiger partial charge on any atom is 0.220 e. The summed E-state index contributed by atoms with van der Waals surface area (Å²) in [6.45, 7) is 3.49.